The van der Waals surface area contributed by atoms with Crippen molar-refractivity contribution in [1.29, 1.82) is 0 Å². The molecule has 0 spiro atoms. The monoisotopic (exact) mass is 271 g/mol. The fourth-order valence-corrected chi connectivity index (χ4v) is 2.84. The Morgan fingerprint density at radius 1 is 1.21 bits per heavy atom. The first-order valence-electron chi connectivity index (χ1n) is 7.62. The highest BCUT2D eigenvalue weighted by Crippen LogP contribution is 2.22. The lowest BCUT2D eigenvalue weighted by molar-refractivity contribution is -0.154. The van der Waals surface area contributed by atoms with Crippen molar-refractivity contribution in [2.75, 3.05) is 20.3 Å². The fourth-order valence-electron chi connectivity index (χ4n) is 2.84. The summed E-state index contributed by atoms with van der Waals surface area (Å²) in [6.07, 6.45) is 8.08. The zero-order valence-corrected chi connectivity index (χ0v) is 12.7. The fraction of sp³-hybridized carbons (Fsp3) is 0.933. The van der Waals surface area contributed by atoms with Crippen LogP contribution in [0.1, 0.15) is 58.8 Å². The normalized spacial score (nSPS) is 20.6. The second-order valence-electron chi connectivity index (χ2n) is 5.42. The summed E-state index contributed by atoms with van der Waals surface area (Å²) in [4.78, 5) is 12.3. The van der Waals surface area contributed by atoms with Crippen molar-refractivity contribution in [3.05, 3.63) is 0 Å². The highest BCUT2D eigenvalue weighted by atomic mass is 16.5. The number of hydrogen-bond donors (Lipinski definition) is 1. The van der Waals surface area contributed by atoms with Gasteiger partial charge in [-0.15, -0.1) is 0 Å². The topological polar surface area (TPSA) is 47.6 Å². The SMILES string of the molecule is CCOC(=O)C(CC)(COC)NC1CCCCCC1. The smallest absolute Gasteiger partial charge is 0.328 e. The molecule has 4 heteroatoms. The van der Waals surface area contributed by atoms with Crippen LogP contribution < -0.4 is 5.32 Å². The van der Waals surface area contributed by atoms with Gasteiger partial charge >= 0.3 is 5.97 Å². The molecule has 0 aromatic rings. The molecule has 4 nitrogen and oxygen atoms in total. The van der Waals surface area contributed by atoms with Gasteiger partial charge in [-0.05, 0) is 26.2 Å². The third-order valence-corrected chi connectivity index (χ3v) is 4.00. The number of rotatable bonds is 7. The maximum absolute atomic E-state index is 12.3. The maximum atomic E-state index is 12.3. The van der Waals surface area contributed by atoms with Crippen LogP contribution in [0.5, 0.6) is 0 Å². The Morgan fingerprint density at radius 2 is 1.84 bits per heavy atom. The van der Waals surface area contributed by atoms with Crippen molar-refractivity contribution in [3.63, 3.8) is 0 Å². The van der Waals surface area contributed by atoms with Gasteiger partial charge in [-0.1, -0.05) is 32.6 Å². The summed E-state index contributed by atoms with van der Waals surface area (Å²) in [5.41, 5.74) is -0.681. The lowest BCUT2D eigenvalue weighted by Crippen LogP contribution is -2.59. The Bertz CT molecular complexity index is 262. The van der Waals surface area contributed by atoms with E-state index in [2.05, 4.69) is 5.32 Å². The van der Waals surface area contributed by atoms with E-state index in [-0.39, 0.29) is 5.97 Å². The van der Waals surface area contributed by atoms with E-state index in [0.717, 1.165) is 12.8 Å². The van der Waals surface area contributed by atoms with Gasteiger partial charge in [0, 0.05) is 13.2 Å². The van der Waals surface area contributed by atoms with Crippen LogP contribution in [-0.2, 0) is 14.3 Å². The summed E-state index contributed by atoms with van der Waals surface area (Å²) < 4.78 is 10.5. The summed E-state index contributed by atoms with van der Waals surface area (Å²) in [6.45, 7) is 4.64. The molecule has 0 aromatic heterocycles. The summed E-state index contributed by atoms with van der Waals surface area (Å²) >= 11 is 0. The molecule has 19 heavy (non-hydrogen) atoms. The third kappa shape index (κ3) is 4.77. The molecule has 1 unspecified atom stereocenters. The standard InChI is InChI=1S/C15H29NO3/c1-4-15(12-18-3,14(17)19-5-2)16-13-10-8-6-7-9-11-13/h13,16H,4-12H2,1-3H3. The predicted molar refractivity (Wildman–Crippen MR) is 76.2 cm³/mol. The molecule has 1 saturated carbocycles. The third-order valence-electron chi connectivity index (χ3n) is 4.00. The molecule has 0 aromatic carbocycles. The number of ether oxygens (including phenoxy) is 2. The molecule has 112 valence electrons. The van der Waals surface area contributed by atoms with Gasteiger partial charge in [0.1, 0.15) is 5.54 Å². The number of carbonyl (C=O) groups excluding carboxylic acids is 1. The quantitative estimate of drug-likeness (QED) is 0.571. The van der Waals surface area contributed by atoms with Gasteiger partial charge in [0.25, 0.3) is 0 Å². The van der Waals surface area contributed by atoms with E-state index in [1.165, 1.54) is 25.7 Å². The van der Waals surface area contributed by atoms with Crippen molar-refractivity contribution in [1.82, 2.24) is 5.32 Å². The molecule has 1 fully saturated rings. The highest BCUT2D eigenvalue weighted by Gasteiger charge is 2.40. The van der Waals surface area contributed by atoms with Crippen molar-refractivity contribution in [2.45, 2.75) is 70.4 Å². The van der Waals surface area contributed by atoms with E-state index in [9.17, 15) is 4.79 Å². The first-order valence-corrected chi connectivity index (χ1v) is 7.62. The maximum Gasteiger partial charge on any atom is 0.328 e. The molecule has 0 amide bonds. The van der Waals surface area contributed by atoms with Crippen LogP contribution in [-0.4, -0.2) is 37.9 Å². The minimum absolute atomic E-state index is 0.177. The molecule has 0 bridgehead atoms. The Labute approximate surface area is 117 Å². The van der Waals surface area contributed by atoms with Crippen molar-refractivity contribution in [2.24, 2.45) is 0 Å². The Morgan fingerprint density at radius 3 is 2.32 bits per heavy atom. The molecule has 1 aliphatic carbocycles. The van der Waals surface area contributed by atoms with Crippen LogP contribution in [0.15, 0.2) is 0 Å². The lowest BCUT2D eigenvalue weighted by atomic mass is 9.94. The molecule has 0 saturated heterocycles. The predicted octanol–water partition coefficient (Wildman–Crippen LogP) is 2.66. The van der Waals surface area contributed by atoms with Gasteiger partial charge in [-0.2, -0.15) is 0 Å². The van der Waals surface area contributed by atoms with Gasteiger partial charge in [-0.3, -0.25) is 5.32 Å². The number of carbonyl (C=O) groups is 1. The van der Waals surface area contributed by atoms with Gasteiger partial charge in [0.2, 0.25) is 0 Å². The second kappa shape index (κ2) is 8.54. The zero-order chi connectivity index (χ0) is 14.1. The van der Waals surface area contributed by atoms with Crippen molar-refractivity contribution < 1.29 is 14.3 Å². The van der Waals surface area contributed by atoms with Crippen LogP contribution in [0.4, 0.5) is 0 Å². The first-order chi connectivity index (χ1) is 9.18. The van der Waals surface area contributed by atoms with Gasteiger partial charge in [-0.25, -0.2) is 4.79 Å². The highest BCUT2D eigenvalue weighted by molar-refractivity contribution is 5.81. The summed E-state index contributed by atoms with van der Waals surface area (Å²) in [5.74, 6) is -0.177. The van der Waals surface area contributed by atoms with E-state index in [4.69, 9.17) is 9.47 Å². The number of hydrogen-bond acceptors (Lipinski definition) is 4. The summed E-state index contributed by atoms with van der Waals surface area (Å²) in [5, 5.41) is 3.55. The molecule has 1 rings (SSSR count). The van der Waals surface area contributed by atoms with Crippen molar-refractivity contribution >= 4 is 5.97 Å². The van der Waals surface area contributed by atoms with Gasteiger partial charge in [0.05, 0.1) is 13.2 Å². The lowest BCUT2D eigenvalue weighted by Gasteiger charge is -2.34. The first kappa shape index (κ1) is 16.4. The minimum atomic E-state index is -0.681. The van der Waals surface area contributed by atoms with Crippen LogP contribution >= 0.6 is 0 Å². The van der Waals surface area contributed by atoms with E-state index in [1.807, 2.05) is 13.8 Å². The van der Waals surface area contributed by atoms with E-state index >= 15 is 0 Å². The molecule has 1 N–H and O–H groups in total. The Hall–Kier alpha value is -0.610. The largest absolute Gasteiger partial charge is 0.465 e. The van der Waals surface area contributed by atoms with E-state index in [1.54, 1.807) is 7.11 Å². The van der Waals surface area contributed by atoms with Gasteiger partial charge in [0.15, 0.2) is 0 Å². The van der Waals surface area contributed by atoms with Crippen LogP contribution in [0, 0.1) is 0 Å². The summed E-state index contributed by atoms with van der Waals surface area (Å²) in [6, 6.07) is 0.405. The van der Waals surface area contributed by atoms with Crippen LogP contribution in [0.2, 0.25) is 0 Å². The molecule has 0 heterocycles. The second-order valence-corrected chi connectivity index (χ2v) is 5.42. The number of methoxy groups -OCH3 is 1. The van der Waals surface area contributed by atoms with E-state index in [0.29, 0.717) is 25.7 Å². The molecule has 1 aliphatic rings. The van der Waals surface area contributed by atoms with Gasteiger partial charge < -0.3 is 9.47 Å². The Balaban J connectivity index is 2.73. The van der Waals surface area contributed by atoms with Crippen molar-refractivity contribution in [3.8, 4) is 0 Å². The molecular formula is C15H29NO3. The van der Waals surface area contributed by atoms with Crippen LogP contribution in [0.25, 0.3) is 0 Å². The summed E-state index contributed by atoms with van der Waals surface area (Å²) in [7, 11) is 1.64. The zero-order valence-electron chi connectivity index (χ0n) is 12.7. The Kier molecular flexibility index (Phi) is 7.39. The molecule has 0 radical (unpaired) electrons. The molecule has 0 aliphatic heterocycles. The average molecular weight is 271 g/mol. The van der Waals surface area contributed by atoms with E-state index < -0.39 is 5.54 Å². The molecular weight excluding hydrogens is 242 g/mol. The average Bonchev–Trinajstić information content (AvgIpc) is 2.67. The number of nitrogens with one attached hydrogen (secondary N) is 1. The number of esters is 1. The van der Waals surface area contributed by atoms with Crippen LogP contribution in [0.3, 0.4) is 0 Å². The minimum Gasteiger partial charge on any atom is -0.465 e. The molecule has 1 atom stereocenters.